The zero-order valence-electron chi connectivity index (χ0n) is 16.2. The Morgan fingerprint density at radius 3 is 2.83 bits per heavy atom. The Hall–Kier alpha value is -3.68. The van der Waals surface area contributed by atoms with Gasteiger partial charge in [-0.1, -0.05) is 6.07 Å². The van der Waals surface area contributed by atoms with E-state index in [0.29, 0.717) is 42.5 Å². The summed E-state index contributed by atoms with van der Waals surface area (Å²) in [5, 5.41) is 7.73. The van der Waals surface area contributed by atoms with Gasteiger partial charge in [0.2, 0.25) is 0 Å². The van der Waals surface area contributed by atoms with Crippen LogP contribution in [0.4, 0.5) is 10.2 Å². The summed E-state index contributed by atoms with van der Waals surface area (Å²) in [6, 6.07) is 9.01. The number of nitrogens with one attached hydrogen (secondary N) is 1. The van der Waals surface area contributed by atoms with Crippen molar-refractivity contribution in [3.63, 3.8) is 0 Å². The standard InChI is InChI=1S/C22H18FN5O2/c1-12-14(3-2-6-24-12)15-7-19-22(28-21(15)26-11-27-28)25-8-16-17(23)4-5-18-20(16)13(9-29-18)10-30-19/h2-7,11,13,25H,8-10H2,1H3/t13-/m1/s1. The van der Waals surface area contributed by atoms with Crippen LogP contribution in [0.1, 0.15) is 22.7 Å². The van der Waals surface area contributed by atoms with Crippen molar-refractivity contribution in [2.45, 2.75) is 19.4 Å². The highest BCUT2D eigenvalue weighted by Gasteiger charge is 2.31. The largest absolute Gasteiger partial charge is 0.493 e. The first-order valence-corrected chi connectivity index (χ1v) is 9.80. The van der Waals surface area contributed by atoms with Crippen LogP contribution >= 0.6 is 0 Å². The fourth-order valence-corrected chi connectivity index (χ4v) is 4.33. The number of aryl methyl sites for hydroxylation is 1. The second-order valence-corrected chi connectivity index (χ2v) is 7.51. The fraction of sp³-hybridized carbons (Fsp3) is 0.227. The molecule has 0 unspecified atom stereocenters. The van der Waals surface area contributed by atoms with Crippen LogP contribution < -0.4 is 14.8 Å². The molecule has 3 aromatic heterocycles. The predicted octanol–water partition coefficient (Wildman–Crippen LogP) is 3.72. The molecule has 2 aliphatic heterocycles. The zero-order valence-corrected chi connectivity index (χ0v) is 16.2. The van der Waals surface area contributed by atoms with Crippen LogP contribution in [0.2, 0.25) is 0 Å². The third kappa shape index (κ3) is 2.46. The lowest BCUT2D eigenvalue weighted by Crippen LogP contribution is -2.13. The van der Waals surface area contributed by atoms with E-state index in [1.54, 1.807) is 16.8 Å². The smallest absolute Gasteiger partial charge is 0.172 e. The normalized spacial score (nSPS) is 17.1. The molecule has 0 fully saturated rings. The molecular weight excluding hydrogens is 385 g/mol. The second kappa shape index (κ2) is 6.41. The van der Waals surface area contributed by atoms with Gasteiger partial charge in [0.05, 0.1) is 19.1 Å². The van der Waals surface area contributed by atoms with Crippen LogP contribution in [0.25, 0.3) is 16.8 Å². The third-order valence-electron chi connectivity index (χ3n) is 5.79. The molecule has 1 aromatic carbocycles. The van der Waals surface area contributed by atoms with Gasteiger partial charge in [-0.2, -0.15) is 9.61 Å². The van der Waals surface area contributed by atoms with Crippen molar-refractivity contribution in [1.82, 2.24) is 19.6 Å². The summed E-state index contributed by atoms with van der Waals surface area (Å²) >= 11 is 0. The van der Waals surface area contributed by atoms with Gasteiger partial charge >= 0.3 is 0 Å². The molecule has 1 N–H and O–H groups in total. The summed E-state index contributed by atoms with van der Waals surface area (Å²) in [5.41, 5.74) is 4.90. The summed E-state index contributed by atoms with van der Waals surface area (Å²) in [4.78, 5) is 8.86. The molecule has 2 aliphatic rings. The fourth-order valence-electron chi connectivity index (χ4n) is 4.33. The number of benzene rings is 1. The molecular formula is C22H18FN5O2. The average Bonchev–Trinajstić information content (AvgIpc) is 3.40. The summed E-state index contributed by atoms with van der Waals surface area (Å²) < 4.78 is 28.4. The molecule has 150 valence electrons. The molecule has 4 aromatic rings. The number of pyridine rings is 2. The summed E-state index contributed by atoms with van der Waals surface area (Å²) in [6.45, 7) is 3.11. The summed E-state index contributed by atoms with van der Waals surface area (Å²) in [6.07, 6.45) is 3.27. The Labute approximate surface area is 171 Å². The van der Waals surface area contributed by atoms with Gasteiger partial charge < -0.3 is 14.8 Å². The molecule has 0 saturated heterocycles. The van der Waals surface area contributed by atoms with E-state index in [4.69, 9.17) is 9.47 Å². The van der Waals surface area contributed by atoms with Crippen LogP contribution in [-0.4, -0.2) is 32.8 Å². The first-order valence-electron chi connectivity index (χ1n) is 9.80. The first-order chi connectivity index (χ1) is 14.7. The number of ether oxygens (including phenoxy) is 2. The van der Waals surface area contributed by atoms with E-state index in [9.17, 15) is 4.39 Å². The minimum atomic E-state index is -0.252. The molecule has 0 bridgehead atoms. The van der Waals surface area contributed by atoms with Crippen LogP contribution in [0.3, 0.4) is 0 Å². The van der Waals surface area contributed by atoms with Gasteiger partial charge in [-0.05, 0) is 31.2 Å². The maximum absolute atomic E-state index is 14.7. The van der Waals surface area contributed by atoms with Gasteiger partial charge in [0.15, 0.2) is 17.2 Å². The zero-order chi connectivity index (χ0) is 20.2. The Morgan fingerprint density at radius 1 is 1.10 bits per heavy atom. The van der Waals surface area contributed by atoms with Crippen molar-refractivity contribution in [2.75, 3.05) is 18.5 Å². The number of hydrogen-bond acceptors (Lipinski definition) is 6. The van der Waals surface area contributed by atoms with Crippen molar-refractivity contribution in [3.8, 4) is 22.6 Å². The third-order valence-corrected chi connectivity index (χ3v) is 5.79. The van der Waals surface area contributed by atoms with Gasteiger partial charge in [0, 0.05) is 40.7 Å². The van der Waals surface area contributed by atoms with Gasteiger partial charge in [-0.15, -0.1) is 0 Å². The van der Waals surface area contributed by atoms with Crippen molar-refractivity contribution in [3.05, 3.63) is 65.5 Å². The van der Waals surface area contributed by atoms with E-state index < -0.39 is 0 Å². The van der Waals surface area contributed by atoms with Crippen LogP contribution in [-0.2, 0) is 6.54 Å². The lowest BCUT2D eigenvalue weighted by Gasteiger charge is -2.16. The molecule has 6 rings (SSSR count). The van der Waals surface area contributed by atoms with Crippen LogP contribution in [0.15, 0.2) is 42.9 Å². The van der Waals surface area contributed by atoms with E-state index in [2.05, 4.69) is 20.4 Å². The monoisotopic (exact) mass is 403 g/mol. The number of rotatable bonds is 1. The minimum Gasteiger partial charge on any atom is -0.493 e. The lowest BCUT2D eigenvalue weighted by molar-refractivity contribution is 0.248. The Balaban J connectivity index is 1.54. The SMILES string of the molecule is Cc1ncccc1-c1cc2c(n3ncnc13)NCc1c(F)ccc3c1[C@H](CO3)CO2. The number of fused-ring (bicyclic) bond motifs is 3. The van der Waals surface area contributed by atoms with Crippen molar-refractivity contribution < 1.29 is 13.9 Å². The minimum absolute atomic E-state index is 0.0338. The molecule has 1 atom stereocenters. The molecule has 0 radical (unpaired) electrons. The van der Waals surface area contributed by atoms with Crippen LogP contribution in [0, 0.1) is 12.7 Å². The van der Waals surface area contributed by atoms with Crippen molar-refractivity contribution >= 4 is 11.5 Å². The van der Waals surface area contributed by atoms with Crippen molar-refractivity contribution in [1.29, 1.82) is 0 Å². The molecule has 0 spiro atoms. The number of halogens is 1. The summed E-state index contributed by atoms with van der Waals surface area (Å²) in [5.74, 6) is 1.72. The highest BCUT2D eigenvalue weighted by molar-refractivity contribution is 5.82. The molecule has 8 heteroatoms. The summed E-state index contributed by atoms with van der Waals surface area (Å²) in [7, 11) is 0. The van der Waals surface area contributed by atoms with Crippen LogP contribution in [0.5, 0.6) is 11.5 Å². The van der Waals surface area contributed by atoms with Gasteiger partial charge in [0.1, 0.15) is 17.9 Å². The maximum Gasteiger partial charge on any atom is 0.172 e. The van der Waals surface area contributed by atoms with Gasteiger partial charge in [0.25, 0.3) is 0 Å². The van der Waals surface area contributed by atoms with Gasteiger partial charge in [-0.25, -0.2) is 9.37 Å². The Bertz CT molecular complexity index is 1300. The quantitative estimate of drug-likeness (QED) is 0.522. The number of aromatic nitrogens is 4. The Kier molecular flexibility index (Phi) is 3.68. The Morgan fingerprint density at radius 2 is 1.97 bits per heavy atom. The maximum atomic E-state index is 14.7. The van der Waals surface area contributed by atoms with Crippen molar-refractivity contribution in [2.24, 2.45) is 0 Å². The van der Waals surface area contributed by atoms with E-state index in [1.165, 1.54) is 12.4 Å². The molecule has 0 amide bonds. The first kappa shape index (κ1) is 17.2. The molecule has 0 saturated carbocycles. The average molecular weight is 403 g/mol. The molecule has 30 heavy (non-hydrogen) atoms. The van der Waals surface area contributed by atoms with E-state index in [1.807, 2.05) is 25.1 Å². The molecule has 0 aliphatic carbocycles. The highest BCUT2D eigenvalue weighted by Crippen LogP contribution is 2.41. The topological polar surface area (TPSA) is 73.6 Å². The molecule has 5 heterocycles. The number of hydrogen-bond donors (Lipinski definition) is 1. The number of anilines is 1. The van der Waals surface area contributed by atoms with Gasteiger partial charge in [-0.3, -0.25) is 4.98 Å². The number of nitrogens with zero attached hydrogens (tertiary/aromatic N) is 4. The predicted molar refractivity (Wildman–Crippen MR) is 108 cm³/mol. The van der Waals surface area contributed by atoms with E-state index >= 15 is 0 Å². The lowest BCUT2D eigenvalue weighted by atomic mass is 9.96. The van der Waals surface area contributed by atoms with E-state index in [0.717, 1.165) is 28.1 Å². The second-order valence-electron chi connectivity index (χ2n) is 7.51. The molecule has 7 nitrogen and oxygen atoms in total. The highest BCUT2D eigenvalue weighted by atomic mass is 19.1. The van der Waals surface area contributed by atoms with E-state index in [-0.39, 0.29) is 11.7 Å².